The van der Waals surface area contributed by atoms with Crippen molar-refractivity contribution in [1.29, 1.82) is 0 Å². The molecular formula is C17H15ClF4IN3O3S. The second-order valence-electron chi connectivity index (χ2n) is 6.21. The summed E-state index contributed by atoms with van der Waals surface area (Å²) in [7, 11) is -2.84. The van der Waals surface area contributed by atoms with Gasteiger partial charge in [-0.15, -0.1) is 0 Å². The Morgan fingerprint density at radius 1 is 1.27 bits per heavy atom. The molecule has 2 aromatic carbocycles. The van der Waals surface area contributed by atoms with Crippen molar-refractivity contribution in [1.82, 2.24) is 7.24 Å². The van der Waals surface area contributed by atoms with E-state index < -0.39 is 57.8 Å². The number of halogens is 6. The van der Waals surface area contributed by atoms with Gasteiger partial charge in [0.2, 0.25) is 0 Å². The summed E-state index contributed by atoms with van der Waals surface area (Å²) in [5.41, 5.74) is -0.617. The molecule has 1 fully saturated rings. The van der Waals surface area contributed by atoms with E-state index in [0.29, 0.717) is 0 Å². The first-order chi connectivity index (χ1) is 13.9. The second kappa shape index (κ2) is 8.57. The molecule has 0 radical (unpaired) electrons. The fraction of sp³-hybridized carbons (Fsp3) is 0.235. The molecule has 13 heteroatoms. The quantitative estimate of drug-likeness (QED) is 0.135. The summed E-state index contributed by atoms with van der Waals surface area (Å²) in [5, 5.41) is 2.30. The van der Waals surface area contributed by atoms with Crippen LogP contribution in [-0.2, 0) is 16.4 Å². The summed E-state index contributed by atoms with van der Waals surface area (Å²) in [6.07, 6.45) is -4.59. The van der Waals surface area contributed by atoms with Gasteiger partial charge in [0.15, 0.2) is 0 Å². The van der Waals surface area contributed by atoms with Gasteiger partial charge in [-0.05, 0) is 0 Å². The van der Waals surface area contributed by atoms with E-state index in [9.17, 15) is 30.8 Å². The van der Waals surface area contributed by atoms with Gasteiger partial charge < -0.3 is 0 Å². The van der Waals surface area contributed by atoms with Crippen LogP contribution in [0.4, 0.5) is 28.0 Å². The molecule has 0 spiro atoms. The van der Waals surface area contributed by atoms with Gasteiger partial charge in [-0.3, -0.25) is 0 Å². The van der Waals surface area contributed by atoms with Crippen LogP contribution in [0.25, 0.3) is 0 Å². The summed E-state index contributed by atoms with van der Waals surface area (Å²) in [4.78, 5) is 12.8. The number of carbonyl (C=O) groups is 1. The van der Waals surface area contributed by atoms with Crippen molar-refractivity contribution in [3.63, 3.8) is 0 Å². The van der Waals surface area contributed by atoms with Crippen LogP contribution in [0.2, 0.25) is 5.02 Å². The molecule has 2 N–H and O–H groups in total. The molecule has 1 heterocycles. The number of anilines is 1. The van der Waals surface area contributed by atoms with Gasteiger partial charge in [-0.25, -0.2) is 0 Å². The van der Waals surface area contributed by atoms with Gasteiger partial charge in [0, 0.05) is 0 Å². The van der Waals surface area contributed by atoms with Crippen LogP contribution in [0.15, 0.2) is 42.5 Å². The van der Waals surface area contributed by atoms with E-state index in [1.807, 2.05) is 0 Å². The Hall–Kier alpha value is -1.48. The van der Waals surface area contributed by atoms with Gasteiger partial charge in [-0.2, -0.15) is 0 Å². The van der Waals surface area contributed by atoms with Crippen LogP contribution in [0.5, 0.6) is 0 Å². The first-order valence-corrected chi connectivity index (χ1v) is 13.6. The number of amides is 1. The first-order valence-electron chi connectivity index (χ1n) is 8.24. The van der Waals surface area contributed by atoms with Crippen LogP contribution in [0, 0.1) is 5.82 Å². The third kappa shape index (κ3) is 5.04. The second-order valence-corrected chi connectivity index (χ2v) is 14.2. The van der Waals surface area contributed by atoms with Gasteiger partial charge in [-0.1, -0.05) is 0 Å². The Morgan fingerprint density at radius 3 is 2.60 bits per heavy atom. The summed E-state index contributed by atoms with van der Waals surface area (Å²) < 4.78 is 80.1. The Bertz CT molecular complexity index is 1080. The van der Waals surface area contributed by atoms with Crippen molar-refractivity contribution < 1.29 is 30.8 Å². The zero-order chi connectivity index (χ0) is 22.3. The van der Waals surface area contributed by atoms with E-state index >= 15 is 0 Å². The molecule has 30 heavy (non-hydrogen) atoms. The van der Waals surface area contributed by atoms with E-state index in [-0.39, 0.29) is 20.7 Å². The number of rotatable bonds is 3. The molecular weight excluding hydrogens is 565 g/mol. The topological polar surface area (TPSA) is 78.5 Å². The molecule has 1 unspecified atom stereocenters. The van der Waals surface area contributed by atoms with Gasteiger partial charge in [0.1, 0.15) is 0 Å². The number of nitrogens with one attached hydrogen (secondary N) is 2. The van der Waals surface area contributed by atoms with Crippen molar-refractivity contribution in [3.05, 3.63) is 64.4 Å². The molecule has 0 saturated carbocycles. The summed E-state index contributed by atoms with van der Waals surface area (Å²) in [5.74, 6) is -0.681. The maximum absolute atomic E-state index is 13.3. The fourth-order valence-electron chi connectivity index (χ4n) is 2.65. The average Bonchev–Trinajstić information content (AvgIpc) is 2.66. The molecule has 2 aromatic rings. The Morgan fingerprint density at radius 2 is 1.97 bits per heavy atom. The van der Waals surface area contributed by atoms with Crippen LogP contribution in [0.3, 0.4) is 0 Å². The number of carbonyl (C=O) groups excluding carboxylic acids is 1. The van der Waals surface area contributed by atoms with Crippen molar-refractivity contribution in [2.24, 2.45) is 0 Å². The zero-order valence-electron chi connectivity index (χ0n) is 15.2. The molecule has 0 bridgehead atoms. The molecule has 164 valence electrons. The SMILES string of the molecule is CN1I(C(=O)Nc2ccc(F)c(Cl)c2)CC(c2cccc(C(F)(F)F)c2)NS1(=O)=O. The van der Waals surface area contributed by atoms with Crippen molar-refractivity contribution in [2.75, 3.05) is 16.8 Å². The number of alkyl halides is 4. The molecule has 1 atom stereocenters. The average molecular weight is 580 g/mol. The first kappa shape index (κ1) is 23.2. The van der Waals surface area contributed by atoms with Crippen LogP contribution < -0.4 is 10.0 Å². The molecule has 1 saturated heterocycles. The zero-order valence-corrected chi connectivity index (χ0v) is 18.9. The standard InChI is InChI=1S/C17H15ClF4IN3O3S/c1-26-23(16(27)24-12-5-6-14(19)13(18)8-12)9-15(25-30(26,28)29)10-3-2-4-11(7-10)17(20,21)22/h2-8,15,25H,9H2,1H3,(H,24,27). The molecule has 1 aliphatic rings. The van der Waals surface area contributed by atoms with E-state index in [2.05, 4.69) is 10.0 Å². The third-order valence-electron chi connectivity index (χ3n) is 4.19. The number of benzene rings is 2. The third-order valence-corrected chi connectivity index (χ3v) is 13.2. The van der Waals surface area contributed by atoms with Crippen LogP contribution in [-0.4, -0.2) is 26.3 Å². The number of nitrogens with zero attached hydrogens (tertiary/aromatic N) is 1. The summed E-state index contributed by atoms with van der Waals surface area (Å²) in [6, 6.07) is 6.83. The molecule has 0 aliphatic carbocycles. The minimum absolute atomic E-state index is 0.0295. The molecule has 0 aromatic heterocycles. The van der Waals surface area contributed by atoms with E-state index in [1.165, 1.54) is 31.3 Å². The Balaban J connectivity index is 1.88. The normalized spacial score (nSPS) is 20.7. The Labute approximate surface area is 182 Å². The van der Waals surface area contributed by atoms with Gasteiger partial charge in [0.25, 0.3) is 0 Å². The van der Waals surface area contributed by atoms with E-state index in [1.54, 1.807) is 0 Å². The molecule has 1 amide bonds. The van der Waals surface area contributed by atoms with Crippen molar-refractivity contribution in [3.8, 4) is 0 Å². The predicted molar refractivity (Wildman–Crippen MR) is 113 cm³/mol. The monoisotopic (exact) mass is 579 g/mol. The van der Waals surface area contributed by atoms with Crippen molar-refractivity contribution in [2.45, 2.75) is 12.2 Å². The summed E-state index contributed by atoms with van der Waals surface area (Å²) in [6.45, 7) is 0. The molecule has 3 rings (SSSR count). The Kier molecular flexibility index (Phi) is 6.63. The minimum atomic E-state index is -4.59. The van der Waals surface area contributed by atoms with Gasteiger partial charge in [0.05, 0.1) is 0 Å². The number of hydrogen-bond acceptors (Lipinski definition) is 3. The molecule has 1 aliphatic heterocycles. The van der Waals surface area contributed by atoms with Crippen LogP contribution in [0.1, 0.15) is 17.2 Å². The fourth-order valence-corrected chi connectivity index (χ4v) is 10.8. The number of hydrogen-bond donors (Lipinski definition) is 2. The van der Waals surface area contributed by atoms with E-state index in [4.69, 9.17) is 11.6 Å². The maximum atomic E-state index is 13.3. The predicted octanol–water partition coefficient (Wildman–Crippen LogP) is 4.97. The van der Waals surface area contributed by atoms with E-state index in [0.717, 1.165) is 20.7 Å². The molecule has 6 nitrogen and oxygen atoms in total. The van der Waals surface area contributed by atoms with Crippen molar-refractivity contribution >= 4 is 51.5 Å². The summed E-state index contributed by atoms with van der Waals surface area (Å²) >= 11 is 2.57. The van der Waals surface area contributed by atoms with Crippen LogP contribution >= 0.6 is 31.7 Å². The van der Waals surface area contributed by atoms with Gasteiger partial charge >= 0.3 is 183 Å².